The Morgan fingerprint density at radius 2 is 2.13 bits per heavy atom. The molecule has 2 rings (SSSR count). The molecule has 0 radical (unpaired) electrons. The maximum Gasteiger partial charge on any atom is 0.401 e. The van der Waals surface area contributed by atoms with Gasteiger partial charge in [-0.25, -0.2) is 0 Å². The molecule has 0 aliphatic carbocycles. The van der Waals surface area contributed by atoms with Crippen LogP contribution in [-0.4, -0.2) is 43.4 Å². The van der Waals surface area contributed by atoms with Gasteiger partial charge in [0, 0.05) is 13.1 Å². The first-order valence-corrected chi connectivity index (χ1v) is 8.07. The van der Waals surface area contributed by atoms with Gasteiger partial charge in [0.1, 0.15) is 5.75 Å². The molecule has 1 N–H and O–H groups in total. The van der Waals surface area contributed by atoms with Gasteiger partial charge in [0.05, 0.1) is 12.6 Å². The summed E-state index contributed by atoms with van der Waals surface area (Å²) in [6, 6.07) is 7.90. The lowest BCUT2D eigenvalue weighted by Crippen LogP contribution is -2.33. The molecular weight excluding hydrogens is 305 g/mol. The van der Waals surface area contributed by atoms with Crippen LogP contribution in [0.5, 0.6) is 5.75 Å². The van der Waals surface area contributed by atoms with E-state index in [0.717, 1.165) is 24.3 Å². The second-order valence-electron chi connectivity index (χ2n) is 6.45. The summed E-state index contributed by atoms with van der Waals surface area (Å²) in [4.78, 5) is 1.49. The van der Waals surface area contributed by atoms with Gasteiger partial charge in [-0.3, -0.25) is 4.90 Å². The third-order valence-electron chi connectivity index (χ3n) is 3.81. The molecule has 130 valence electrons. The lowest BCUT2D eigenvalue weighted by atomic mass is 10.1. The van der Waals surface area contributed by atoms with Crippen molar-refractivity contribution in [2.24, 2.45) is 5.92 Å². The van der Waals surface area contributed by atoms with E-state index >= 15 is 0 Å². The van der Waals surface area contributed by atoms with Gasteiger partial charge in [-0.15, -0.1) is 0 Å². The number of hydrogen-bond acceptors (Lipinski definition) is 3. The fourth-order valence-corrected chi connectivity index (χ4v) is 2.90. The van der Waals surface area contributed by atoms with Gasteiger partial charge < -0.3 is 10.1 Å². The van der Waals surface area contributed by atoms with Gasteiger partial charge in [-0.1, -0.05) is 12.1 Å². The molecule has 1 aromatic carbocycles. The van der Waals surface area contributed by atoms with Gasteiger partial charge in [-0.2, -0.15) is 13.2 Å². The van der Waals surface area contributed by atoms with Crippen molar-refractivity contribution in [2.75, 3.05) is 26.2 Å². The van der Waals surface area contributed by atoms with Gasteiger partial charge in [0.15, 0.2) is 0 Å². The molecule has 0 aromatic heterocycles. The van der Waals surface area contributed by atoms with Gasteiger partial charge in [0.2, 0.25) is 0 Å². The standard InChI is InChI=1S/C17H25F3N2O/c1-13(2)23-16-5-3-4-14(8-16)9-21-10-15-6-7-22(11-15)12-17(18,19)20/h3-5,8,13,15,21H,6-7,9-12H2,1-2H3. The number of rotatable bonds is 7. The number of halogens is 3. The SMILES string of the molecule is CC(C)Oc1cccc(CNCC2CCN(CC(F)(F)F)C2)c1. The number of likely N-dealkylation sites (tertiary alicyclic amines) is 1. The lowest BCUT2D eigenvalue weighted by Gasteiger charge is -2.18. The third kappa shape index (κ3) is 6.79. The first-order chi connectivity index (χ1) is 10.8. The summed E-state index contributed by atoms with van der Waals surface area (Å²) in [7, 11) is 0. The minimum Gasteiger partial charge on any atom is -0.491 e. The molecule has 1 aromatic rings. The monoisotopic (exact) mass is 330 g/mol. The van der Waals surface area contributed by atoms with E-state index in [-0.39, 0.29) is 12.0 Å². The second-order valence-corrected chi connectivity index (χ2v) is 6.45. The fraction of sp³-hybridized carbons (Fsp3) is 0.647. The quantitative estimate of drug-likeness (QED) is 0.829. The predicted molar refractivity (Wildman–Crippen MR) is 84.5 cm³/mol. The van der Waals surface area contributed by atoms with E-state index < -0.39 is 12.7 Å². The zero-order valence-corrected chi connectivity index (χ0v) is 13.7. The number of alkyl halides is 3. The molecular formula is C17H25F3N2O. The zero-order valence-electron chi connectivity index (χ0n) is 13.7. The number of nitrogens with one attached hydrogen (secondary N) is 1. The highest BCUT2D eigenvalue weighted by atomic mass is 19.4. The molecule has 0 amide bonds. The van der Waals surface area contributed by atoms with Crippen LogP contribution < -0.4 is 10.1 Å². The van der Waals surface area contributed by atoms with Crippen LogP contribution in [0.2, 0.25) is 0 Å². The van der Waals surface area contributed by atoms with E-state index in [1.807, 2.05) is 38.1 Å². The van der Waals surface area contributed by atoms with E-state index in [9.17, 15) is 13.2 Å². The topological polar surface area (TPSA) is 24.5 Å². The smallest absolute Gasteiger partial charge is 0.401 e. The second kappa shape index (κ2) is 8.02. The van der Waals surface area contributed by atoms with Crippen molar-refractivity contribution < 1.29 is 17.9 Å². The fourth-order valence-electron chi connectivity index (χ4n) is 2.90. The van der Waals surface area contributed by atoms with Crippen LogP contribution in [0.3, 0.4) is 0 Å². The first-order valence-electron chi connectivity index (χ1n) is 8.07. The molecule has 1 atom stereocenters. The zero-order chi connectivity index (χ0) is 16.9. The molecule has 1 aliphatic heterocycles. The number of ether oxygens (including phenoxy) is 1. The molecule has 1 unspecified atom stereocenters. The van der Waals surface area contributed by atoms with Gasteiger partial charge in [0.25, 0.3) is 0 Å². The minimum atomic E-state index is -4.10. The Labute approximate surface area is 135 Å². The van der Waals surface area contributed by atoms with Crippen molar-refractivity contribution in [2.45, 2.75) is 39.1 Å². The van der Waals surface area contributed by atoms with Crippen molar-refractivity contribution >= 4 is 0 Å². The van der Waals surface area contributed by atoms with Crippen molar-refractivity contribution in [1.29, 1.82) is 0 Å². The lowest BCUT2D eigenvalue weighted by molar-refractivity contribution is -0.143. The van der Waals surface area contributed by atoms with E-state index in [0.29, 0.717) is 19.6 Å². The van der Waals surface area contributed by atoms with Crippen LogP contribution in [0.25, 0.3) is 0 Å². The molecule has 1 aliphatic rings. The Morgan fingerprint density at radius 3 is 2.83 bits per heavy atom. The molecule has 0 spiro atoms. The minimum absolute atomic E-state index is 0.135. The van der Waals surface area contributed by atoms with E-state index in [1.165, 1.54) is 4.90 Å². The molecule has 23 heavy (non-hydrogen) atoms. The highest BCUT2D eigenvalue weighted by Gasteiger charge is 2.34. The highest BCUT2D eigenvalue weighted by molar-refractivity contribution is 5.28. The largest absolute Gasteiger partial charge is 0.491 e. The van der Waals surface area contributed by atoms with Crippen molar-refractivity contribution in [3.05, 3.63) is 29.8 Å². The summed E-state index contributed by atoms with van der Waals surface area (Å²) < 4.78 is 42.8. The summed E-state index contributed by atoms with van der Waals surface area (Å²) in [6.07, 6.45) is -3.14. The maximum absolute atomic E-state index is 12.4. The van der Waals surface area contributed by atoms with E-state index in [4.69, 9.17) is 4.74 Å². The van der Waals surface area contributed by atoms with Crippen molar-refractivity contribution in [1.82, 2.24) is 10.2 Å². The normalized spacial score (nSPS) is 19.5. The third-order valence-corrected chi connectivity index (χ3v) is 3.81. The van der Waals surface area contributed by atoms with Crippen LogP contribution >= 0.6 is 0 Å². The average Bonchev–Trinajstić information content (AvgIpc) is 2.83. The van der Waals surface area contributed by atoms with E-state index in [2.05, 4.69) is 5.32 Å². The Morgan fingerprint density at radius 1 is 1.35 bits per heavy atom. The number of benzene rings is 1. The van der Waals surface area contributed by atoms with Crippen LogP contribution in [0.4, 0.5) is 13.2 Å². The highest BCUT2D eigenvalue weighted by Crippen LogP contribution is 2.22. The average molecular weight is 330 g/mol. The molecule has 1 heterocycles. The summed E-state index contributed by atoms with van der Waals surface area (Å²) in [5.74, 6) is 1.13. The number of nitrogens with zero attached hydrogens (tertiary/aromatic N) is 1. The molecule has 0 saturated carbocycles. The summed E-state index contributed by atoms with van der Waals surface area (Å²) in [5, 5.41) is 3.34. The van der Waals surface area contributed by atoms with Gasteiger partial charge >= 0.3 is 6.18 Å². The van der Waals surface area contributed by atoms with Crippen LogP contribution in [0.1, 0.15) is 25.8 Å². The molecule has 0 bridgehead atoms. The Balaban J connectivity index is 1.71. The van der Waals surface area contributed by atoms with Crippen LogP contribution in [0.15, 0.2) is 24.3 Å². The summed E-state index contributed by atoms with van der Waals surface area (Å²) in [6.45, 7) is 5.66. The summed E-state index contributed by atoms with van der Waals surface area (Å²) in [5.41, 5.74) is 1.12. The molecule has 3 nitrogen and oxygen atoms in total. The number of hydrogen-bond donors (Lipinski definition) is 1. The van der Waals surface area contributed by atoms with Crippen molar-refractivity contribution in [3.63, 3.8) is 0 Å². The maximum atomic E-state index is 12.4. The Hall–Kier alpha value is -1.27. The molecule has 1 saturated heterocycles. The van der Waals surface area contributed by atoms with Crippen molar-refractivity contribution in [3.8, 4) is 5.75 Å². The van der Waals surface area contributed by atoms with Crippen LogP contribution in [-0.2, 0) is 6.54 Å². The molecule has 6 heteroatoms. The Bertz CT molecular complexity index is 491. The Kier molecular flexibility index (Phi) is 6.30. The molecule has 1 fully saturated rings. The summed E-state index contributed by atoms with van der Waals surface area (Å²) >= 11 is 0. The predicted octanol–water partition coefficient (Wildman–Crippen LogP) is 3.45. The van der Waals surface area contributed by atoms with Gasteiger partial charge in [-0.05, 0) is 57.0 Å². The first kappa shape index (κ1) is 18.1. The van der Waals surface area contributed by atoms with Crippen LogP contribution in [0, 0.1) is 5.92 Å². The van der Waals surface area contributed by atoms with E-state index in [1.54, 1.807) is 0 Å².